The Hall–Kier alpha value is -1.07. The molecule has 0 fully saturated rings. The number of nitrogens with zero attached hydrogens (tertiary/aromatic N) is 1. The molecule has 5 heteroatoms. The third-order valence-electron chi connectivity index (χ3n) is 2.07. The summed E-state index contributed by atoms with van der Waals surface area (Å²) in [5.41, 5.74) is 6.72. The molecule has 3 nitrogen and oxygen atoms in total. The second-order valence-corrected chi connectivity index (χ2v) is 3.54. The van der Waals surface area contributed by atoms with Gasteiger partial charge in [-0.3, -0.25) is 4.98 Å². The Balaban J connectivity index is 2.14. The van der Waals surface area contributed by atoms with E-state index in [9.17, 15) is 8.78 Å². The van der Waals surface area contributed by atoms with E-state index in [1.54, 1.807) is 6.20 Å². The maximum atomic E-state index is 11.7. The van der Waals surface area contributed by atoms with Crippen molar-refractivity contribution in [3.63, 3.8) is 0 Å². The van der Waals surface area contributed by atoms with Crippen LogP contribution in [0.4, 0.5) is 8.78 Å². The molecule has 1 unspecified atom stereocenters. The summed E-state index contributed by atoms with van der Waals surface area (Å²) in [7, 11) is 0. The highest BCUT2D eigenvalue weighted by atomic mass is 19.3. The van der Waals surface area contributed by atoms with Gasteiger partial charge in [-0.25, -0.2) is 8.78 Å². The molecule has 1 rings (SSSR count). The van der Waals surface area contributed by atoms with E-state index in [1.165, 1.54) is 0 Å². The molecule has 0 amide bonds. The van der Waals surface area contributed by atoms with Gasteiger partial charge in [0.25, 0.3) is 6.43 Å². The maximum Gasteiger partial charge on any atom is 0.261 e. The quantitative estimate of drug-likeness (QED) is 0.724. The lowest BCUT2D eigenvalue weighted by molar-refractivity contribution is 0.0152. The molecule has 0 bridgehead atoms. The molecular weight excluding hydrogens is 214 g/mol. The van der Waals surface area contributed by atoms with Crippen LogP contribution in [0.2, 0.25) is 0 Å². The third-order valence-corrected chi connectivity index (χ3v) is 2.07. The van der Waals surface area contributed by atoms with Gasteiger partial charge in [0.1, 0.15) is 6.61 Å². The Labute approximate surface area is 93.6 Å². The van der Waals surface area contributed by atoms with Crippen molar-refractivity contribution in [2.45, 2.75) is 25.3 Å². The number of halogens is 2. The van der Waals surface area contributed by atoms with E-state index >= 15 is 0 Å². The molecule has 1 aromatic heterocycles. The summed E-state index contributed by atoms with van der Waals surface area (Å²) >= 11 is 0. The predicted octanol–water partition coefficient (Wildman–Crippen LogP) is 1.62. The van der Waals surface area contributed by atoms with Gasteiger partial charge in [0.2, 0.25) is 0 Å². The van der Waals surface area contributed by atoms with Crippen LogP contribution in [0.1, 0.15) is 12.1 Å². The third kappa shape index (κ3) is 5.72. The standard InChI is InChI=1S/C11H16F2N2O/c12-11(13)8-16-6-4-9(14)7-10-3-1-2-5-15-10/h1-3,5,9,11H,4,6-8,14H2. The topological polar surface area (TPSA) is 48.1 Å². The average Bonchev–Trinajstić information content (AvgIpc) is 2.25. The van der Waals surface area contributed by atoms with E-state index in [2.05, 4.69) is 4.98 Å². The lowest BCUT2D eigenvalue weighted by atomic mass is 10.1. The molecule has 0 aliphatic heterocycles. The molecule has 1 aromatic rings. The molecule has 90 valence electrons. The lowest BCUT2D eigenvalue weighted by Gasteiger charge is -2.11. The van der Waals surface area contributed by atoms with Crippen molar-refractivity contribution in [1.82, 2.24) is 4.98 Å². The zero-order chi connectivity index (χ0) is 11.8. The van der Waals surface area contributed by atoms with Crippen LogP contribution in [0.5, 0.6) is 0 Å². The van der Waals surface area contributed by atoms with Gasteiger partial charge in [-0.2, -0.15) is 0 Å². The highest BCUT2D eigenvalue weighted by Crippen LogP contribution is 2.01. The molecule has 1 heterocycles. The number of rotatable bonds is 7. The molecule has 0 aliphatic rings. The number of hydrogen-bond acceptors (Lipinski definition) is 3. The Kier molecular flexibility index (Phi) is 5.88. The van der Waals surface area contributed by atoms with Gasteiger partial charge in [0.05, 0.1) is 0 Å². The highest BCUT2D eigenvalue weighted by Gasteiger charge is 2.06. The van der Waals surface area contributed by atoms with Crippen LogP contribution in [0.3, 0.4) is 0 Å². The van der Waals surface area contributed by atoms with Crippen LogP contribution < -0.4 is 5.73 Å². The SMILES string of the molecule is NC(CCOCC(F)F)Cc1ccccn1. The van der Waals surface area contributed by atoms with E-state index in [0.717, 1.165) is 5.69 Å². The number of alkyl halides is 2. The Bertz CT molecular complexity index is 283. The molecule has 16 heavy (non-hydrogen) atoms. The van der Waals surface area contributed by atoms with Crippen LogP contribution in [0, 0.1) is 0 Å². The summed E-state index contributed by atoms with van der Waals surface area (Å²) in [5, 5.41) is 0. The van der Waals surface area contributed by atoms with Crippen molar-refractivity contribution < 1.29 is 13.5 Å². The fourth-order valence-corrected chi connectivity index (χ4v) is 1.30. The zero-order valence-electron chi connectivity index (χ0n) is 8.98. The first-order valence-corrected chi connectivity index (χ1v) is 5.20. The average molecular weight is 230 g/mol. The normalized spacial score (nSPS) is 13.0. The molecule has 0 aromatic carbocycles. The number of pyridine rings is 1. The minimum Gasteiger partial charge on any atom is -0.375 e. The lowest BCUT2D eigenvalue weighted by Crippen LogP contribution is -2.25. The van der Waals surface area contributed by atoms with Gasteiger partial charge < -0.3 is 10.5 Å². The van der Waals surface area contributed by atoms with Gasteiger partial charge in [-0.05, 0) is 18.6 Å². The first-order valence-electron chi connectivity index (χ1n) is 5.20. The maximum absolute atomic E-state index is 11.7. The Morgan fingerprint density at radius 1 is 1.38 bits per heavy atom. The van der Waals surface area contributed by atoms with Gasteiger partial charge in [0.15, 0.2) is 0 Å². The van der Waals surface area contributed by atoms with Crippen LogP contribution >= 0.6 is 0 Å². The fourth-order valence-electron chi connectivity index (χ4n) is 1.30. The molecule has 0 aliphatic carbocycles. The van der Waals surface area contributed by atoms with E-state index in [1.807, 2.05) is 18.2 Å². The van der Waals surface area contributed by atoms with Crippen LogP contribution in [0.25, 0.3) is 0 Å². The summed E-state index contributed by atoms with van der Waals surface area (Å²) in [6, 6.07) is 5.51. The largest absolute Gasteiger partial charge is 0.375 e. The molecule has 0 saturated heterocycles. The van der Waals surface area contributed by atoms with Crippen molar-refractivity contribution in [2.24, 2.45) is 5.73 Å². The molecule has 0 radical (unpaired) electrons. The monoisotopic (exact) mass is 230 g/mol. The molecule has 2 N–H and O–H groups in total. The molecule has 1 atom stereocenters. The van der Waals surface area contributed by atoms with Crippen molar-refractivity contribution in [3.8, 4) is 0 Å². The summed E-state index contributed by atoms with van der Waals surface area (Å²) in [4.78, 5) is 4.13. The molecule has 0 spiro atoms. The summed E-state index contributed by atoms with van der Waals surface area (Å²) < 4.78 is 28.2. The van der Waals surface area contributed by atoms with Crippen LogP contribution in [-0.2, 0) is 11.2 Å². The van der Waals surface area contributed by atoms with E-state index < -0.39 is 13.0 Å². The van der Waals surface area contributed by atoms with Crippen molar-refractivity contribution in [1.29, 1.82) is 0 Å². The van der Waals surface area contributed by atoms with E-state index in [-0.39, 0.29) is 12.6 Å². The number of aromatic nitrogens is 1. The summed E-state index contributed by atoms with van der Waals surface area (Å²) in [5.74, 6) is 0. The Morgan fingerprint density at radius 2 is 2.19 bits per heavy atom. The number of nitrogens with two attached hydrogens (primary N) is 1. The van der Waals surface area contributed by atoms with Crippen molar-refractivity contribution in [3.05, 3.63) is 30.1 Å². The highest BCUT2D eigenvalue weighted by molar-refractivity contribution is 5.04. The van der Waals surface area contributed by atoms with Crippen molar-refractivity contribution >= 4 is 0 Å². The Morgan fingerprint density at radius 3 is 2.81 bits per heavy atom. The second kappa shape index (κ2) is 7.24. The second-order valence-electron chi connectivity index (χ2n) is 3.54. The fraction of sp³-hybridized carbons (Fsp3) is 0.545. The number of ether oxygens (including phenoxy) is 1. The van der Waals surface area contributed by atoms with Gasteiger partial charge in [-0.15, -0.1) is 0 Å². The van der Waals surface area contributed by atoms with Crippen LogP contribution in [0.15, 0.2) is 24.4 Å². The molecular formula is C11H16F2N2O. The first-order chi connectivity index (χ1) is 7.68. The van der Waals surface area contributed by atoms with Gasteiger partial charge in [0, 0.05) is 31.0 Å². The minimum absolute atomic E-state index is 0.104. The zero-order valence-corrected chi connectivity index (χ0v) is 8.98. The van der Waals surface area contributed by atoms with Crippen LogP contribution in [-0.4, -0.2) is 30.7 Å². The molecule has 0 saturated carbocycles. The van der Waals surface area contributed by atoms with Gasteiger partial charge >= 0.3 is 0 Å². The first kappa shape index (κ1) is 13.0. The predicted molar refractivity (Wildman–Crippen MR) is 57.4 cm³/mol. The minimum atomic E-state index is -2.41. The summed E-state index contributed by atoms with van der Waals surface area (Å²) in [6.07, 6.45) is 0.490. The van der Waals surface area contributed by atoms with E-state index in [0.29, 0.717) is 12.8 Å². The number of hydrogen-bond donors (Lipinski definition) is 1. The van der Waals surface area contributed by atoms with Crippen molar-refractivity contribution in [2.75, 3.05) is 13.2 Å². The van der Waals surface area contributed by atoms with Gasteiger partial charge in [-0.1, -0.05) is 6.07 Å². The van der Waals surface area contributed by atoms with E-state index in [4.69, 9.17) is 10.5 Å². The smallest absolute Gasteiger partial charge is 0.261 e. The summed E-state index contributed by atoms with van der Waals surface area (Å²) in [6.45, 7) is -0.255.